The number of aliphatic carboxylic acids is 1. The van der Waals surface area contributed by atoms with Crippen molar-refractivity contribution in [1.82, 2.24) is 14.7 Å². The third kappa shape index (κ3) is 6.49. The lowest BCUT2D eigenvalue weighted by molar-refractivity contribution is -0.384. The predicted octanol–water partition coefficient (Wildman–Crippen LogP) is 3.63. The van der Waals surface area contributed by atoms with E-state index in [1.807, 2.05) is 19.9 Å². The molecule has 2 aliphatic rings. The third-order valence-corrected chi connectivity index (χ3v) is 7.33. The Labute approximate surface area is 224 Å². The Bertz CT molecular complexity index is 1160. The molecule has 0 saturated carbocycles. The van der Waals surface area contributed by atoms with Crippen molar-refractivity contribution in [1.29, 1.82) is 0 Å². The van der Waals surface area contributed by atoms with E-state index in [2.05, 4.69) is 16.4 Å². The topological polar surface area (TPSA) is 116 Å². The minimum absolute atomic E-state index is 0.0118. The summed E-state index contributed by atoms with van der Waals surface area (Å²) in [4.78, 5) is 43.2. The van der Waals surface area contributed by atoms with Gasteiger partial charge in [0.05, 0.1) is 28.6 Å². The zero-order valence-corrected chi connectivity index (χ0v) is 22.9. The van der Waals surface area contributed by atoms with Crippen LogP contribution >= 0.6 is 0 Å². The molecule has 10 heteroatoms. The molecule has 1 saturated heterocycles. The molecule has 0 aliphatic carbocycles. The summed E-state index contributed by atoms with van der Waals surface area (Å²) in [5.74, 6) is -2.82. The number of carbonyl (C=O) groups excluding carboxylic acids is 1. The summed E-state index contributed by atoms with van der Waals surface area (Å²) in [7, 11) is 1.69. The number of esters is 1. The first-order valence-corrected chi connectivity index (χ1v) is 12.7. The van der Waals surface area contributed by atoms with Crippen molar-refractivity contribution in [2.24, 2.45) is 5.41 Å². The molecule has 0 amide bonds. The van der Waals surface area contributed by atoms with Gasteiger partial charge in [0.2, 0.25) is 0 Å². The second-order valence-corrected chi connectivity index (χ2v) is 10.8. The van der Waals surface area contributed by atoms with E-state index in [0.29, 0.717) is 17.0 Å². The number of rotatable bonds is 10. The number of hydrogen-bond acceptors (Lipinski definition) is 8. The van der Waals surface area contributed by atoms with Gasteiger partial charge < -0.3 is 19.6 Å². The van der Waals surface area contributed by atoms with Gasteiger partial charge in [0.15, 0.2) is 0 Å². The first-order valence-electron chi connectivity index (χ1n) is 12.7. The second-order valence-electron chi connectivity index (χ2n) is 10.8. The average Bonchev–Trinajstić information content (AvgIpc) is 2.86. The molecule has 2 aliphatic heterocycles. The minimum Gasteiger partial charge on any atom is -0.478 e. The van der Waals surface area contributed by atoms with E-state index < -0.39 is 22.8 Å². The zero-order chi connectivity index (χ0) is 28.2. The van der Waals surface area contributed by atoms with E-state index in [1.165, 1.54) is 18.2 Å². The van der Waals surface area contributed by atoms with E-state index >= 15 is 0 Å². The molecule has 206 valence electrons. The van der Waals surface area contributed by atoms with Gasteiger partial charge in [-0.1, -0.05) is 32.1 Å². The molecule has 0 radical (unpaired) electrons. The first kappa shape index (κ1) is 29.1. The first-order chi connectivity index (χ1) is 17.9. The smallest absolute Gasteiger partial charge is 0.336 e. The number of hydrogen-bond donors (Lipinski definition) is 1. The lowest BCUT2D eigenvalue weighted by atomic mass is 9.79. The zero-order valence-electron chi connectivity index (χ0n) is 22.9. The van der Waals surface area contributed by atoms with Gasteiger partial charge in [-0.3, -0.25) is 15.0 Å². The van der Waals surface area contributed by atoms with Crippen LogP contribution in [-0.4, -0.2) is 89.6 Å². The van der Waals surface area contributed by atoms with Gasteiger partial charge >= 0.3 is 11.9 Å². The number of carboxylic acid groups (broad SMARTS) is 1. The summed E-state index contributed by atoms with van der Waals surface area (Å²) in [6.07, 6.45) is 1.91. The molecule has 0 spiro atoms. The summed E-state index contributed by atoms with van der Waals surface area (Å²) in [5, 5.41) is 21.5. The number of piperazine rings is 1. The van der Waals surface area contributed by atoms with Crippen LogP contribution in [0.4, 0.5) is 5.69 Å². The van der Waals surface area contributed by atoms with Crippen molar-refractivity contribution >= 4 is 17.6 Å². The fourth-order valence-corrected chi connectivity index (χ4v) is 5.17. The summed E-state index contributed by atoms with van der Waals surface area (Å²) >= 11 is 0. The number of benzene rings is 1. The molecule has 1 N–H and O–H groups in total. The average molecular weight is 527 g/mol. The van der Waals surface area contributed by atoms with Crippen molar-refractivity contribution < 1.29 is 24.4 Å². The maximum absolute atomic E-state index is 13.6. The fraction of sp³-hybridized carbons (Fsp3) is 0.500. The number of carboxylic acids is 1. The number of nitrogens with zero attached hydrogens (tertiary/aromatic N) is 4. The van der Waals surface area contributed by atoms with Crippen molar-refractivity contribution in [3.05, 3.63) is 75.1 Å². The van der Waals surface area contributed by atoms with Crippen molar-refractivity contribution in [3.63, 3.8) is 0 Å². The van der Waals surface area contributed by atoms with E-state index in [4.69, 9.17) is 4.74 Å². The maximum Gasteiger partial charge on any atom is 0.336 e. The van der Waals surface area contributed by atoms with Crippen LogP contribution < -0.4 is 0 Å². The van der Waals surface area contributed by atoms with E-state index in [0.717, 1.165) is 39.3 Å². The van der Waals surface area contributed by atoms with Crippen LogP contribution in [0.15, 0.2) is 59.5 Å². The number of ether oxygens (including phenoxy) is 1. The highest BCUT2D eigenvalue weighted by atomic mass is 16.6. The van der Waals surface area contributed by atoms with Crippen LogP contribution in [0.2, 0.25) is 0 Å². The van der Waals surface area contributed by atoms with Gasteiger partial charge in [-0.15, -0.1) is 6.58 Å². The van der Waals surface area contributed by atoms with Gasteiger partial charge in [-0.25, -0.2) is 9.59 Å². The van der Waals surface area contributed by atoms with E-state index in [-0.39, 0.29) is 28.9 Å². The summed E-state index contributed by atoms with van der Waals surface area (Å²) in [6.45, 7) is 16.8. The number of allylic oxidation sites excluding steroid dienone is 2. The Hall–Kier alpha value is -3.50. The Kier molecular flexibility index (Phi) is 9.11. The van der Waals surface area contributed by atoms with Crippen LogP contribution in [0.5, 0.6) is 0 Å². The Morgan fingerprint density at radius 3 is 2.34 bits per heavy atom. The van der Waals surface area contributed by atoms with Crippen LogP contribution in [0.3, 0.4) is 0 Å². The lowest BCUT2D eigenvalue weighted by Gasteiger charge is -2.39. The monoisotopic (exact) mass is 526 g/mol. The lowest BCUT2D eigenvalue weighted by Crippen LogP contribution is -2.49. The van der Waals surface area contributed by atoms with Crippen molar-refractivity contribution in [2.75, 3.05) is 52.9 Å². The third-order valence-electron chi connectivity index (χ3n) is 7.33. The maximum atomic E-state index is 13.6. The molecule has 3 rings (SSSR count). The molecule has 0 bridgehead atoms. The molecular formula is C28H38N4O6. The second kappa shape index (κ2) is 11.9. The highest BCUT2D eigenvalue weighted by Crippen LogP contribution is 2.42. The molecule has 1 unspecified atom stereocenters. The van der Waals surface area contributed by atoms with Crippen LogP contribution in [-0.2, 0) is 14.3 Å². The summed E-state index contributed by atoms with van der Waals surface area (Å²) < 4.78 is 5.84. The van der Waals surface area contributed by atoms with Crippen LogP contribution in [0.1, 0.15) is 39.2 Å². The van der Waals surface area contributed by atoms with Crippen molar-refractivity contribution in [3.8, 4) is 0 Å². The fourth-order valence-electron chi connectivity index (χ4n) is 5.17. The van der Waals surface area contributed by atoms with Gasteiger partial charge in [0, 0.05) is 75.3 Å². The molecule has 1 atom stereocenters. The highest BCUT2D eigenvalue weighted by Gasteiger charge is 2.40. The minimum atomic E-state index is -1.19. The van der Waals surface area contributed by atoms with Gasteiger partial charge in [0.1, 0.15) is 0 Å². The molecule has 0 aromatic heterocycles. The standard InChI is InChI=1S/C28H38N4O6/c1-7-11-30-12-14-31(15-13-30)17-28(4,5)18-38-27(35)24-20(3)29(6)19(2)23(26(33)34)25(24)21-9-8-10-22(16-21)32(36)37/h7-10,16,25H,1,11-15,17-18H2,2-6H3,(H,33,34). The Morgan fingerprint density at radius 2 is 1.76 bits per heavy atom. The Balaban J connectivity index is 1.84. The van der Waals surface area contributed by atoms with Gasteiger partial charge in [0.25, 0.3) is 5.69 Å². The highest BCUT2D eigenvalue weighted by molar-refractivity contribution is 5.99. The summed E-state index contributed by atoms with van der Waals surface area (Å²) in [5.41, 5.74) is 1.000. The number of nitro groups is 1. The van der Waals surface area contributed by atoms with Crippen LogP contribution in [0, 0.1) is 15.5 Å². The molecule has 1 fully saturated rings. The SMILES string of the molecule is C=CCN1CCN(CC(C)(C)COC(=O)C2=C(C)N(C)C(C)=C(C(=O)O)C2c2cccc([N+](=O)[O-])c2)CC1. The number of nitro benzene ring substituents is 1. The van der Waals surface area contributed by atoms with Gasteiger partial charge in [-0.05, 0) is 19.4 Å². The number of non-ortho nitro benzene ring substituents is 1. The number of carbonyl (C=O) groups is 2. The molecule has 1 aromatic carbocycles. The van der Waals surface area contributed by atoms with E-state index in [1.54, 1.807) is 31.9 Å². The molecular weight excluding hydrogens is 488 g/mol. The van der Waals surface area contributed by atoms with Crippen molar-refractivity contribution in [2.45, 2.75) is 33.6 Å². The predicted molar refractivity (Wildman–Crippen MR) is 144 cm³/mol. The largest absolute Gasteiger partial charge is 0.478 e. The molecule has 38 heavy (non-hydrogen) atoms. The van der Waals surface area contributed by atoms with Crippen LogP contribution in [0.25, 0.3) is 0 Å². The van der Waals surface area contributed by atoms with Gasteiger partial charge in [-0.2, -0.15) is 0 Å². The molecule has 1 aromatic rings. The molecule has 10 nitrogen and oxygen atoms in total. The molecule has 2 heterocycles. The normalized spacial score (nSPS) is 19.5. The quantitative estimate of drug-likeness (QED) is 0.211. The van der Waals surface area contributed by atoms with E-state index in [9.17, 15) is 24.8 Å². The summed E-state index contributed by atoms with van der Waals surface area (Å²) in [6, 6.07) is 5.76. The Morgan fingerprint density at radius 1 is 1.16 bits per heavy atom.